The predicted molar refractivity (Wildman–Crippen MR) is 77.9 cm³/mol. The fraction of sp³-hybridized carbons (Fsp3) is 0.308. The van der Waals surface area contributed by atoms with Gasteiger partial charge in [-0.15, -0.1) is 5.10 Å². The van der Waals surface area contributed by atoms with E-state index in [0.717, 1.165) is 15.7 Å². The van der Waals surface area contributed by atoms with Crippen molar-refractivity contribution in [1.82, 2.24) is 20.1 Å². The number of carbonyl (C=O) groups excluding carboxylic acids is 1. The van der Waals surface area contributed by atoms with Gasteiger partial charge in [-0.05, 0) is 37.7 Å². The van der Waals surface area contributed by atoms with Gasteiger partial charge in [0, 0.05) is 10.5 Å². The quantitative estimate of drug-likeness (QED) is 0.864. The number of esters is 1. The molecular weight excluding hydrogens is 324 g/mol. The highest BCUT2D eigenvalue weighted by atomic mass is 79.9. The van der Waals surface area contributed by atoms with Crippen molar-refractivity contribution in [2.45, 2.75) is 13.0 Å². The number of carbonyl (C=O) groups is 1. The monoisotopic (exact) mass is 338 g/mol. The van der Waals surface area contributed by atoms with Crippen LogP contribution in [0.15, 0.2) is 29.0 Å². The molecule has 106 valence electrons. The molecule has 0 saturated heterocycles. The van der Waals surface area contributed by atoms with Crippen molar-refractivity contribution in [3.05, 3.63) is 40.4 Å². The molecule has 0 saturated carbocycles. The molecule has 2 aromatic rings. The average molecular weight is 339 g/mol. The van der Waals surface area contributed by atoms with Gasteiger partial charge in [-0.2, -0.15) is 0 Å². The maximum Gasteiger partial charge on any atom is 0.377 e. The van der Waals surface area contributed by atoms with Crippen LogP contribution in [-0.2, 0) is 4.74 Å². The van der Waals surface area contributed by atoms with Crippen molar-refractivity contribution in [1.29, 1.82) is 0 Å². The molecule has 20 heavy (non-hydrogen) atoms. The number of methoxy groups -OCH3 is 1. The summed E-state index contributed by atoms with van der Waals surface area (Å²) in [6.07, 6.45) is 1.50. The van der Waals surface area contributed by atoms with Gasteiger partial charge < -0.3 is 10.1 Å². The van der Waals surface area contributed by atoms with Crippen molar-refractivity contribution in [2.24, 2.45) is 0 Å². The van der Waals surface area contributed by atoms with E-state index in [4.69, 9.17) is 0 Å². The maximum absolute atomic E-state index is 11.4. The van der Waals surface area contributed by atoms with Crippen LogP contribution in [-0.4, -0.2) is 34.9 Å². The first-order valence-corrected chi connectivity index (χ1v) is 6.83. The second-order valence-electron chi connectivity index (χ2n) is 4.22. The third-order valence-corrected chi connectivity index (χ3v) is 3.49. The zero-order valence-corrected chi connectivity index (χ0v) is 13.0. The van der Waals surface area contributed by atoms with Gasteiger partial charge in [-0.1, -0.05) is 15.9 Å². The first-order chi connectivity index (χ1) is 9.56. The predicted octanol–water partition coefficient (Wildman–Crippen LogP) is 2.10. The van der Waals surface area contributed by atoms with E-state index in [0.29, 0.717) is 0 Å². The molecule has 1 heterocycles. The van der Waals surface area contributed by atoms with Crippen molar-refractivity contribution < 1.29 is 9.53 Å². The number of rotatable bonds is 4. The highest BCUT2D eigenvalue weighted by molar-refractivity contribution is 9.10. The molecule has 0 aliphatic carbocycles. The number of benzene rings is 1. The molecule has 1 aromatic carbocycles. The summed E-state index contributed by atoms with van der Waals surface area (Å²) in [6, 6.07) is 5.98. The molecule has 1 aromatic heterocycles. The van der Waals surface area contributed by atoms with Gasteiger partial charge in [-0.25, -0.2) is 14.5 Å². The maximum atomic E-state index is 11.4. The van der Waals surface area contributed by atoms with Crippen LogP contribution in [0.25, 0.3) is 5.69 Å². The summed E-state index contributed by atoms with van der Waals surface area (Å²) >= 11 is 3.46. The molecule has 7 heteroatoms. The molecule has 2 rings (SSSR count). The average Bonchev–Trinajstić information content (AvgIpc) is 2.95. The van der Waals surface area contributed by atoms with Crippen LogP contribution in [0.1, 0.15) is 29.1 Å². The minimum Gasteiger partial charge on any atom is -0.463 e. The summed E-state index contributed by atoms with van der Waals surface area (Å²) < 4.78 is 7.16. The smallest absolute Gasteiger partial charge is 0.377 e. The van der Waals surface area contributed by atoms with Gasteiger partial charge in [0.15, 0.2) is 0 Å². The molecule has 0 bridgehead atoms. The van der Waals surface area contributed by atoms with Crippen molar-refractivity contribution in [2.75, 3.05) is 14.2 Å². The van der Waals surface area contributed by atoms with Crippen LogP contribution >= 0.6 is 15.9 Å². The number of ether oxygens (including phenoxy) is 1. The first-order valence-electron chi connectivity index (χ1n) is 6.04. The fourth-order valence-electron chi connectivity index (χ4n) is 1.80. The molecule has 0 radical (unpaired) electrons. The van der Waals surface area contributed by atoms with Gasteiger partial charge in [0.05, 0.1) is 12.8 Å². The molecule has 0 amide bonds. The molecule has 1 atom stereocenters. The fourth-order valence-corrected chi connectivity index (χ4v) is 2.18. The second kappa shape index (κ2) is 6.15. The van der Waals surface area contributed by atoms with Crippen LogP contribution in [0.2, 0.25) is 0 Å². The summed E-state index contributed by atoms with van der Waals surface area (Å²) in [5.41, 5.74) is 1.90. The summed E-state index contributed by atoms with van der Waals surface area (Å²) in [5, 5.41) is 7.33. The van der Waals surface area contributed by atoms with Gasteiger partial charge in [0.25, 0.3) is 5.82 Å². The number of nitrogens with one attached hydrogen (secondary N) is 1. The lowest BCUT2D eigenvalue weighted by Crippen LogP contribution is -2.15. The molecule has 6 nitrogen and oxygen atoms in total. The van der Waals surface area contributed by atoms with Crippen molar-refractivity contribution in [3.63, 3.8) is 0 Å². The number of halogens is 1. The Bertz CT molecular complexity index is 627. The largest absolute Gasteiger partial charge is 0.463 e. The molecular formula is C13H15BrN4O2. The minimum absolute atomic E-state index is 0.0403. The zero-order chi connectivity index (χ0) is 14.7. The standard InChI is InChI=1S/C13H15BrN4O2/c1-8(15-2)10-6-9(14)4-5-11(10)18-7-16-12(17-18)13(19)20-3/h4-8,15H,1-3H3. The zero-order valence-electron chi connectivity index (χ0n) is 11.4. The van der Waals surface area contributed by atoms with Crippen LogP contribution in [0, 0.1) is 0 Å². The van der Waals surface area contributed by atoms with E-state index in [-0.39, 0.29) is 11.9 Å². The highest BCUT2D eigenvalue weighted by Gasteiger charge is 2.16. The van der Waals surface area contributed by atoms with E-state index in [1.165, 1.54) is 13.4 Å². The highest BCUT2D eigenvalue weighted by Crippen LogP contribution is 2.25. The Morgan fingerprint density at radius 1 is 1.50 bits per heavy atom. The topological polar surface area (TPSA) is 69.0 Å². The number of nitrogens with zero attached hydrogens (tertiary/aromatic N) is 3. The number of hydrogen-bond donors (Lipinski definition) is 1. The van der Waals surface area contributed by atoms with E-state index >= 15 is 0 Å². The molecule has 1 unspecified atom stereocenters. The summed E-state index contributed by atoms with van der Waals surface area (Å²) in [5.74, 6) is -0.512. The molecule has 0 spiro atoms. The SMILES string of the molecule is CNC(C)c1cc(Br)ccc1-n1cnc(C(=O)OC)n1. The Kier molecular flexibility index (Phi) is 4.51. The Labute approximate surface area is 125 Å². The minimum atomic E-state index is -0.552. The van der Waals surface area contributed by atoms with Crippen molar-refractivity contribution >= 4 is 21.9 Å². The summed E-state index contributed by atoms with van der Waals surface area (Å²) in [7, 11) is 3.19. The third-order valence-electron chi connectivity index (χ3n) is 3.00. The van der Waals surface area contributed by atoms with Gasteiger partial charge in [0.2, 0.25) is 0 Å². The van der Waals surface area contributed by atoms with E-state index in [9.17, 15) is 4.79 Å². The van der Waals surface area contributed by atoms with Gasteiger partial charge in [-0.3, -0.25) is 0 Å². The Hall–Kier alpha value is -1.73. The third kappa shape index (κ3) is 2.88. The van der Waals surface area contributed by atoms with Crippen LogP contribution < -0.4 is 5.32 Å². The van der Waals surface area contributed by atoms with Crippen LogP contribution in [0.3, 0.4) is 0 Å². The van der Waals surface area contributed by atoms with E-state index in [1.807, 2.05) is 32.2 Å². The molecule has 0 aliphatic heterocycles. The lowest BCUT2D eigenvalue weighted by atomic mass is 10.1. The van der Waals surface area contributed by atoms with Crippen LogP contribution in [0.4, 0.5) is 0 Å². The summed E-state index contributed by atoms with van der Waals surface area (Å²) in [4.78, 5) is 15.4. The lowest BCUT2D eigenvalue weighted by Gasteiger charge is -2.15. The normalized spacial score (nSPS) is 12.2. The van der Waals surface area contributed by atoms with Gasteiger partial charge in [0.1, 0.15) is 6.33 Å². The van der Waals surface area contributed by atoms with Crippen molar-refractivity contribution in [3.8, 4) is 5.69 Å². The molecule has 1 N–H and O–H groups in total. The Morgan fingerprint density at radius 2 is 2.25 bits per heavy atom. The first kappa shape index (κ1) is 14.7. The number of hydrogen-bond acceptors (Lipinski definition) is 5. The van der Waals surface area contributed by atoms with E-state index < -0.39 is 5.97 Å². The van der Waals surface area contributed by atoms with E-state index in [1.54, 1.807) is 4.68 Å². The molecule has 0 fully saturated rings. The van der Waals surface area contributed by atoms with Gasteiger partial charge >= 0.3 is 5.97 Å². The Morgan fingerprint density at radius 3 is 2.90 bits per heavy atom. The lowest BCUT2D eigenvalue weighted by molar-refractivity contribution is 0.0587. The Balaban J connectivity index is 2.46. The second-order valence-corrected chi connectivity index (χ2v) is 5.13. The summed E-state index contributed by atoms with van der Waals surface area (Å²) in [6.45, 7) is 2.05. The number of aromatic nitrogens is 3. The van der Waals surface area contributed by atoms with Crippen LogP contribution in [0.5, 0.6) is 0 Å². The molecule has 0 aliphatic rings. The van der Waals surface area contributed by atoms with E-state index in [2.05, 4.69) is 36.1 Å².